The van der Waals surface area contributed by atoms with E-state index in [1.54, 1.807) is 18.6 Å². The van der Waals surface area contributed by atoms with Gasteiger partial charge in [0.1, 0.15) is 5.82 Å². The number of hydrogen-bond donors (Lipinski definition) is 1. The van der Waals surface area contributed by atoms with Crippen molar-refractivity contribution in [3.63, 3.8) is 0 Å². The van der Waals surface area contributed by atoms with Gasteiger partial charge in [-0.05, 0) is 30.0 Å². The fourth-order valence-electron chi connectivity index (χ4n) is 1.83. The molecule has 0 unspecified atom stereocenters. The zero-order valence-corrected chi connectivity index (χ0v) is 16.3. The molecule has 0 aromatic carbocycles. The lowest BCUT2D eigenvalue weighted by Crippen LogP contribution is -2.39. The minimum absolute atomic E-state index is 0.00739. The van der Waals surface area contributed by atoms with Gasteiger partial charge in [0, 0.05) is 0 Å². The molecule has 1 aromatic rings. The summed E-state index contributed by atoms with van der Waals surface area (Å²) in [4.78, 5) is 8.11. The van der Waals surface area contributed by atoms with Crippen LogP contribution >= 0.6 is 69.6 Å². The zero-order chi connectivity index (χ0) is 17.3. The van der Waals surface area contributed by atoms with Crippen LogP contribution in [0.15, 0.2) is 38.8 Å². The van der Waals surface area contributed by atoms with Crippen molar-refractivity contribution in [2.24, 2.45) is 9.98 Å². The average Bonchev–Trinajstić information content (AvgIpc) is 2.90. The van der Waals surface area contributed by atoms with Crippen LogP contribution in [-0.2, 0) is 12.8 Å². The molecule has 23 heavy (non-hydrogen) atoms. The topological polar surface area (TPSA) is 49.9 Å². The normalized spacial score (nSPS) is 17.8. The number of nitrogens with zero attached hydrogens (tertiary/aromatic N) is 2. The largest absolute Gasteiger partial charge is 0.472 e. The van der Waals surface area contributed by atoms with Gasteiger partial charge in [0.15, 0.2) is 11.7 Å². The lowest BCUT2D eigenvalue weighted by Gasteiger charge is -2.23. The molecule has 0 aliphatic carbocycles. The molecule has 0 atom stereocenters. The fourth-order valence-corrected chi connectivity index (χ4v) is 2.35. The molecule has 0 bridgehead atoms. The van der Waals surface area contributed by atoms with Crippen molar-refractivity contribution in [3.8, 4) is 0 Å². The molecule has 4 nitrogen and oxygen atoms in total. The molecule has 1 N–H and O–H groups in total. The lowest BCUT2D eigenvalue weighted by molar-refractivity contribution is 0.562. The first-order valence-electron chi connectivity index (χ1n) is 6.44. The summed E-state index contributed by atoms with van der Waals surface area (Å²) in [5.41, 5.74) is 2.11. The summed E-state index contributed by atoms with van der Waals surface area (Å²) >= 11 is 35.1. The summed E-state index contributed by atoms with van der Waals surface area (Å²) in [6.45, 7) is 2.03. The van der Waals surface area contributed by atoms with E-state index >= 15 is 0 Å². The van der Waals surface area contributed by atoms with E-state index in [0.29, 0.717) is 12.2 Å². The summed E-state index contributed by atoms with van der Waals surface area (Å²) in [5.74, 6) is 0.288. The highest BCUT2D eigenvalue weighted by atomic mass is 35.6. The van der Waals surface area contributed by atoms with E-state index in [9.17, 15) is 0 Å². The second kappa shape index (κ2) is 7.42. The van der Waals surface area contributed by atoms with E-state index < -0.39 is 7.59 Å². The molecule has 0 spiro atoms. The third-order valence-electron chi connectivity index (χ3n) is 2.94. The Bertz CT molecular complexity index is 666. The maximum atomic E-state index is 5.85. The smallest absolute Gasteiger partial charge is 0.250 e. The standard InChI is InChI=1S/C13H11Cl6N3O/c1-2-7-5-23-6-8(7)3-4-9-20-10(12(14,15)16)22-11(21-9)13(17,18)19/h4-6H,2-3H2,1H3,(H,20,21,22). The quantitative estimate of drug-likeness (QED) is 0.646. The van der Waals surface area contributed by atoms with Gasteiger partial charge < -0.3 is 9.73 Å². The summed E-state index contributed by atoms with van der Waals surface area (Å²) in [7, 11) is 0. The second-order valence-electron chi connectivity index (χ2n) is 4.59. The van der Waals surface area contributed by atoms with Crippen LogP contribution in [0.2, 0.25) is 0 Å². The first-order valence-corrected chi connectivity index (χ1v) is 8.71. The highest BCUT2D eigenvalue weighted by molar-refractivity contribution is 6.79. The van der Waals surface area contributed by atoms with Gasteiger partial charge in [0.05, 0.1) is 12.5 Å². The average molecular weight is 438 g/mol. The molecule has 1 aliphatic heterocycles. The number of aryl methyl sites for hydroxylation is 1. The minimum Gasteiger partial charge on any atom is -0.472 e. The van der Waals surface area contributed by atoms with Gasteiger partial charge in [0.25, 0.3) is 0 Å². The Balaban J connectivity index is 2.30. The first kappa shape index (κ1) is 19.2. The van der Waals surface area contributed by atoms with Crippen molar-refractivity contribution in [2.75, 3.05) is 0 Å². The Morgan fingerprint density at radius 1 is 1.04 bits per heavy atom. The Morgan fingerprint density at radius 2 is 1.70 bits per heavy atom. The third kappa shape index (κ3) is 5.18. The summed E-state index contributed by atoms with van der Waals surface area (Å²) in [5, 5.41) is 2.82. The van der Waals surface area contributed by atoms with E-state index in [0.717, 1.165) is 17.5 Å². The predicted molar refractivity (Wildman–Crippen MR) is 98.5 cm³/mol. The van der Waals surface area contributed by atoms with Gasteiger partial charge in [0.2, 0.25) is 7.59 Å². The van der Waals surface area contributed by atoms with E-state index in [1.165, 1.54) is 0 Å². The number of halogens is 6. The molecule has 2 rings (SSSR count). The van der Waals surface area contributed by atoms with Crippen molar-refractivity contribution >= 4 is 81.3 Å². The van der Waals surface area contributed by atoms with Crippen LogP contribution in [0.4, 0.5) is 0 Å². The summed E-state index contributed by atoms with van der Waals surface area (Å²) in [6.07, 6.45) is 6.54. The molecule has 1 aliphatic rings. The Labute approximate surface area is 163 Å². The molecule has 0 radical (unpaired) electrons. The molecule has 126 valence electrons. The van der Waals surface area contributed by atoms with Gasteiger partial charge >= 0.3 is 0 Å². The molecule has 1 aromatic heterocycles. The molecule has 0 saturated heterocycles. The Hall–Kier alpha value is -0.100. The molecular formula is C13H11Cl6N3O. The maximum Gasteiger partial charge on any atom is 0.250 e. The van der Waals surface area contributed by atoms with Gasteiger partial charge in [-0.1, -0.05) is 76.5 Å². The number of rotatable bonds is 3. The van der Waals surface area contributed by atoms with E-state index in [4.69, 9.17) is 74.0 Å². The van der Waals surface area contributed by atoms with Crippen molar-refractivity contribution in [3.05, 3.63) is 35.6 Å². The van der Waals surface area contributed by atoms with Crippen molar-refractivity contribution in [1.82, 2.24) is 5.32 Å². The molecular weight excluding hydrogens is 427 g/mol. The van der Waals surface area contributed by atoms with Crippen LogP contribution in [0.5, 0.6) is 0 Å². The number of nitrogens with one attached hydrogen (secondary N) is 1. The van der Waals surface area contributed by atoms with Gasteiger partial charge in [-0.15, -0.1) is 0 Å². The molecule has 2 heterocycles. The SMILES string of the molecule is CCc1cocc1CC=C1N=C(C(Cl)(Cl)Cl)N=C(C(Cl)(Cl)Cl)N1. The van der Waals surface area contributed by atoms with Crippen LogP contribution in [0.1, 0.15) is 18.1 Å². The maximum absolute atomic E-state index is 5.85. The number of alkyl halides is 6. The highest BCUT2D eigenvalue weighted by Crippen LogP contribution is 2.34. The van der Waals surface area contributed by atoms with E-state index in [1.807, 2.05) is 6.92 Å². The van der Waals surface area contributed by atoms with Crippen molar-refractivity contribution in [1.29, 1.82) is 0 Å². The Morgan fingerprint density at radius 3 is 2.26 bits per heavy atom. The van der Waals surface area contributed by atoms with Crippen LogP contribution < -0.4 is 5.32 Å². The van der Waals surface area contributed by atoms with Crippen LogP contribution in [0.25, 0.3) is 0 Å². The number of hydrogen-bond acceptors (Lipinski definition) is 4. The highest BCUT2D eigenvalue weighted by Gasteiger charge is 2.36. The van der Waals surface area contributed by atoms with Crippen LogP contribution in [0, 0.1) is 0 Å². The van der Waals surface area contributed by atoms with E-state index in [-0.39, 0.29) is 11.7 Å². The third-order valence-corrected chi connectivity index (χ3v) is 3.99. The number of aliphatic imine (C=N–C) groups is 2. The van der Waals surface area contributed by atoms with Crippen LogP contribution in [0.3, 0.4) is 0 Å². The number of allylic oxidation sites excluding steroid dienone is 1. The van der Waals surface area contributed by atoms with Gasteiger partial charge in [-0.3, -0.25) is 0 Å². The summed E-state index contributed by atoms with van der Waals surface area (Å²) in [6, 6.07) is 0. The van der Waals surface area contributed by atoms with Gasteiger partial charge in [-0.2, -0.15) is 0 Å². The first-order chi connectivity index (χ1) is 10.6. The number of amidine groups is 2. The monoisotopic (exact) mass is 435 g/mol. The van der Waals surface area contributed by atoms with Gasteiger partial charge in [-0.25, -0.2) is 9.98 Å². The molecule has 0 amide bonds. The van der Waals surface area contributed by atoms with E-state index in [2.05, 4.69) is 15.3 Å². The molecule has 0 saturated carbocycles. The summed E-state index contributed by atoms with van der Waals surface area (Å²) < 4.78 is 1.55. The molecule has 0 fully saturated rings. The molecule has 10 heteroatoms. The van der Waals surface area contributed by atoms with Crippen molar-refractivity contribution in [2.45, 2.75) is 27.4 Å². The minimum atomic E-state index is -1.84. The zero-order valence-electron chi connectivity index (χ0n) is 11.7. The van der Waals surface area contributed by atoms with Crippen molar-refractivity contribution < 1.29 is 4.42 Å². The van der Waals surface area contributed by atoms with Crippen LogP contribution in [-0.4, -0.2) is 19.3 Å². The lowest BCUT2D eigenvalue weighted by atomic mass is 10.1. The number of furan rings is 1. The second-order valence-corrected chi connectivity index (χ2v) is 9.15. The Kier molecular flexibility index (Phi) is 6.21. The predicted octanol–water partition coefficient (Wildman–Crippen LogP) is 5.37. The fraction of sp³-hybridized carbons (Fsp3) is 0.385.